The Kier molecular flexibility index (Phi) is 6.19. The van der Waals surface area contributed by atoms with Crippen molar-refractivity contribution in [2.24, 2.45) is 0 Å². The number of rotatable bonds is 4. The maximum atomic E-state index is 5.53. The van der Waals surface area contributed by atoms with Gasteiger partial charge in [0.15, 0.2) is 0 Å². The number of halogens is 1. The highest BCUT2D eigenvalue weighted by molar-refractivity contribution is 5.85. The SMILES string of the molecule is COc1ccccc1C1CNCCN1Cc1ccncc1.Cl. The number of para-hydroxylation sites is 1. The summed E-state index contributed by atoms with van der Waals surface area (Å²) in [6.07, 6.45) is 3.71. The Bertz CT molecular complexity index is 579. The van der Waals surface area contributed by atoms with Gasteiger partial charge in [0.05, 0.1) is 13.2 Å². The molecule has 1 aromatic heterocycles. The average Bonchev–Trinajstić information content (AvgIpc) is 2.56. The van der Waals surface area contributed by atoms with Crippen molar-refractivity contribution in [2.75, 3.05) is 26.7 Å². The number of hydrogen-bond acceptors (Lipinski definition) is 4. The van der Waals surface area contributed by atoms with Gasteiger partial charge in [-0.1, -0.05) is 18.2 Å². The largest absolute Gasteiger partial charge is 0.496 e. The van der Waals surface area contributed by atoms with Crippen LogP contribution in [0, 0.1) is 0 Å². The molecule has 118 valence electrons. The first-order chi connectivity index (χ1) is 10.4. The maximum absolute atomic E-state index is 5.53. The number of piperazine rings is 1. The number of benzene rings is 1. The van der Waals surface area contributed by atoms with Crippen LogP contribution in [0.25, 0.3) is 0 Å². The van der Waals surface area contributed by atoms with Gasteiger partial charge >= 0.3 is 0 Å². The second-order valence-corrected chi connectivity index (χ2v) is 5.29. The van der Waals surface area contributed by atoms with Gasteiger partial charge in [-0.3, -0.25) is 9.88 Å². The fourth-order valence-corrected chi connectivity index (χ4v) is 2.91. The summed E-state index contributed by atoms with van der Waals surface area (Å²) >= 11 is 0. The number of ether oxygens (including phenoxy) is 1. The number of pyridine rings is 1. The molecule has 2 heterocycles. The molecule has 1 aliphatic rings. The van der Waals surface area contributed by atoms with Crippen LogP contribution < -0.4 is 10.1 Å². The fraction of sp³-hybridized carbons (Fsp3) is 0.353. The van der Waals surface area contributed by atoms with Crippen molar-refractivity contribution in [1.29, 1.82) is 0 Å². The van der Waals surface area contributed by atoms with Crippen molar-refractivity contribution >= 4 is 12.4 Å². The molecule has 1 aliphatic heterocycles. The molecule has 1 fully saturated rings. The average molecular weight is 320 g/mol. The quantitative estimate of drug-likeness (QED) is 0.940. The minimum absolute atomic E-state index is 0. The van der Waals surface area contributed by atoms with Gasteiger partial charge < -0.3 is 10.1 Å². The predicted molar refractivity (Wildman–Crippen MR) is 90.5 cm³/mol. The first-order valence-corrected chi connectivity index (χ1v) is 7.35. The Morgan fingerprint density at radius 3 is 2.77 bits per heavy atom. The summed E-state index contributed by atoms with van der Waals surface area (Å²) in [7, 11) is 1.74. The molecule has 0 radical (unpaired) electrons. The van der Waals surface area contributed by atoms with Crippen molar-refractivity contribution in [3.8, 4) is 5.75 Å². The molecule has 0 aliphatic carbocycles. The van der Waals surface area contributed by atoms with E-state index < -0.39 is 0 Å². The van der Waals surface area contributed by atoms with E-state index in [9.17, 15) is 0 Å². The van der Waals surface area contributed by atoms with Crippen molar-refractivity contribution in [2.45, 2.75) is 12.6 Å². The lowest BCUT2D eigenvalue weighted by molar-refractivity contribution is 0.151. The molecule has 2 aromatic rings. The Labute approximate surface area is 137 Å². The summed E-state index contributed by atoms with van der Waals surface area (Å²) in [4.78, 5) is 6.60. The molecule has 1 unspecified atom stereocenters. The first-order valence-electron chi connectivity index (χ1n) is 7.35. The lowest BCUT2D eigenvalue weighted by Gasteiger charge is -2.37. The van der Waals surface area contributed by atoms with E-state index in [0.29, 0.717) is 6.04 Å². The van der Waals surface area contributed by atoms with Crippen LogP contribution in [0.1, 0.15) is 17.2 Å². The van der Waals surface area contributed by atoms with Crippen LogP contribution in [-0.4, -0.2) is 36.6 Å². The van der Waals surface area contributed by atoms with E-state index in [2.05, 4.69) is 39.5 Å². The van der Waals surface area contributed by atoms with E-state index in [1.54, 1.807) is 7.11 Å². The second-order valence-electron chi connectivity index (χ2n) is 5.29. The van der Waals surface area contributed by atoms with Crippen molar-refractivity contribution in [3.05, 3.63) is 59.9 Å². The van der Waals surface area contributed by atoms with Gasteiger partial charge in [0.25, 0.3) is 0 Å². The van der Waals surface area contributed by atoms with Crippen LogP contribution in [-0.2, 0) is 6.54 Å². The second kappa shape index (κ2) is 8.13. The number of hydrogen-bond donors (Lipinski definition) is 1. The highest BCUT2D eigenvalue weighted by atomic mass is 35.5. The summed E-state index contributed by atoms with van der Waals surface area (Å²) in [5.41, 5.74) is 2.55. The molecule has 22 heavy (non-hydrogen) atoms. The van der Waals surface area contributed by atoms with E-state index in [1.807, 2.05) is 24.5 Å². The van der Waals surface area contributed by atoms with Gasteiger partial charge in [-0.15, -0.1) is 12.4 Å². The molecule has 5 heteroatoms. The zero-order valence-corrected chi connectivity index (χ0v) is 13.6. The normalized spacial score (nSPS) is 18.5. The number of nitrogens with zero attached hydrogens (tertiary/aromatic N) is 2. The number of nitrogens with one attached hydrogen (secondary N) is 1. The molecule has 3 rings (SSSR count). The van der Waals surface area contributed by atoms with Crippen LogP contribution in [0.15, 0.2) is 48.8 Å². The molecular formula is C17H22ClN3O. The van der Waals surface area contributed by atoms with E-state index in [0.717, 1.165) is 31.9 Å². The summed E-state index contributed by atoms with van der Waals surface area (Å²) in [6, 6.07) is 12.8. The van der Waals surface area contributed by atoms with Gasteiger partial charge in [-0.05, 0) is 23.8 Å². The minimum atomic E-state index is 0. The number of aromatic nitrogens is 1. The monoisotopic (exact) mass is 319 g/mol. The third-order valence-corrected chi connectivity index (χ3v) is 3.99. The molecule has 0 saturated carbocycles. The summed E-state index contributed by atoms with van der Waals surface area (Å²) in [5.74, 6) is 0.964. The molecule has 1 atom stereocenters. The predicted octanol–water partition coefficient (Wildman–Crippen LogP) is 2.66. The smallest absolute Gasteiger partial charge is 0.123 e. The Hall–Kier alpha value is -1.62. The summed E-state index contributed by atoms with van der Waals surface area (Å²) in [6.45, 7) is 3.94. The zero-order chi connectivity index (χ0) is 14.5. The summed E-state index contributed by atoms with van der Waals surface area (Å²) < 4.78 is 5.53. The molecular weight excluding hydrogens is 298 g/mol. The Morgan fingerprint density at radius 1 is 1.23 bits per heavy atom. The third-order valence-electron chi connectivity index (χ3n) is 3.99. The van der Waals surface area contributed by atoms with Gasteiger partial charge in [0.2, 0.25) is 0 Å². The van der Waals surface area contributed by atoms with Crippen LogP contribution in [0.5, 0.6) is 5.75 Å². The third kappa shape index (κ3) is 3.77. The molecule has 1 aromatic carbocycles. The van der Waals surface area contributed by atoms with Crippen LogP contribution in [0.4, 0.5) is 0 Å². The highest BCUT2D eigenvalue weighted by Gasteiger charge is 2.25. The molecule has 4 nitrogen and oxygen atoms in total. The molecule has 0 bridgehead atoms. The van der Waals surface area contributed by atoms with Crippen molar-refractivity contribution in [1.82, 2.24) is 15.2 Å². The Morgan fingerprint density at radius 2 is 2.00 bits per heavy atom. The molecule has 1 N–H and O–H groups in total. The number of methoxy groups -OCH3 is 1. The fourth-order valence-electron chi connectivity index (χ4n) is 2.91. The minimum Gasteiger partial charge on any atom is -0.496 e. The van der Waals surface area contributed by atoms with E-state index >= 15 is 0 Å². The molecule has 1 saturated heterocycles. The van der Waals surface area contributed by atoms with Crippen LogP contribution >= 0.6 is 12.4 Å². The van der Waals surface area contributed by atoms with E-state index in [4.69, 9.17) is 4.74 Å². The zero-order valence-electron chi connectivity index (χ0n) is 12.7. The van der Waals surface area contributed by atoms with Crippen molar-refractivity contribution < 1.29 is 4.74 Å². The van der Waals surface area contributed by atoms with Gasteiger partial charge in [0, 0.05) is 44.1 Å². The standard InChI is InChI=1S/C17H21N3O.ClH/c1-21-17-5-3-2-4-15(17)16-12-19-10-11-20(16)13-14-6-8-18-9-7-14;/h2-9,16,19H,10-13H2,1H3;1H. The maximum Gasteiger partial charge on any atom is 0.123 e. The lowest BCUT2D eigenvalue weighted by atomic mass is 10.0. The topological polar surface area (TPSA) is 37.4 Å². The van der Waals surface area contributed by atoms with Gasteiger partial charge in [0.1, 0.15) is 5.75 Å². The van der Waals surface area contributed by atoms with E-state index in [1.165, 1.54) is 11.1 Å². The van der Waals surface area contributed by atoms with E-state index in [-0.39, 0.29) is 12.4 Å². The molecule has 0 amide bonds. The van der Waals surface area contributed by atoms with Crippen LogP contribution in [0.3, 0.4) is 0 Å². The van der Waals surface area contributed by atoms with Gasteiger partial charge in [-0.25, -0.2) is 0 Å². The lowest BCUT2D eigenvalue weighted by Crippen LogP contribution is -2.45. The van der Waals surface area contributed by atoms with Crippen molar-refractivity contribution in [3.63, 3.8) is 0 Å². The molecule has 0 spiro atoms. The van der Waals surface area contributed by atoms with Gasteiger partial charge in [-0.2, -0.15) is 0 Å². The highest BCUT2D eigenvalue weighted by Crippen LogP contribution is 2.30. The summed E-state index contributed by atoms with van der Waals surface area (Å²) in [5, 5.41) is 3.49. The van der Waals surface area contributed by atoms with Crippen LogP contribution in [0.2, 0.25) is 0 Å². The first kappa shape index (κ1) is 16.7. The Balaban J connectivity index is 0.00000176.